The monoisotopic (exact) mass is 247 g/mol. The average Bonchev–Trinajstić information content (AvgIpc) is 2.80. The summed E-state index contributed by atoms with van der Waals surface area (Å²) < 4.78 is 13.7. The van der Waals surface area contributed by atoms with E-state index in [-0.39, 0.29) is 5.82 Å². The molecule has 0 amide bonds. The third-order valence-corrected chi connectivity index (χ3v) is 3.49. The molecule has 0 spiro atoms. The molecule has 0 aliphatic carbocycles. The minimum Gasteiger partial charge on any atom is -0.318 e. The van der Waals surface area contributed by atoms with Crippen molar-refractivity contribution in [2.75, 3.05) is 20.1 Å². The van der Waals surface area contributed by atoms with Gasteiger partial charge in [0.15, 0.2) is 0 Å². The van der Waals surface area contributed by atoms with Gasteiger partial charge in [-0.2, -0.15) is 5.26 Å². The van der Waals surface area contributed by atoms with Crippen LogP contribution < -0.4 is 5.32 Å². The number of nitrogens with zero attached hydrogens (tertiary/aromatic N) is 2. The normalized spacial score (nSPS) is 19.9. The fourth-order valence-electron chi connectivity index (χ4n) is 2.55. The molecule has 1 unspecified atom stereocenters. The Morgan fingerprint density at radius 1 is 1.56 bits per heavy atom. The summed E-state index contributed by atoms with van der Waals surface area (Å²) >= 11 is 0. The van der Waals surface area contributed by atoms with Crippen LogP contribution in [0.25, 0.3) is 0 Å². The van der Waals surface area contributed by atoms with E-state index in [9.17, 15) is 4.39 Å². The minimum absolute atomic E-state index is 0.218. The molecular weight excluding hydrogens is 229 g/mol. The average molecular weight is 247 g/mol. The molecule has 96 valence electrons. The summed E-state index contributed by atoms with van der Waals surface area (Å²) in [5, 5.41) is 12.0. The second kappa shape index (κ2) is 5.94. The van der Waals surface area contributed by atoms with Gasteiger partial charge in [-0.25, -0.2) is 4.39 Å². The maximum absolute atomic E-state index is 13.7. The highest BCUT2D eigenvalue weighted by Gasteiger charge is 2.24. The Balaban J connectivity index is 2.11. The summed E-state index contributed by atoms with van der Waals surface area (Å²) in [6, 6.07) is 7.10. The van der Waals surface area contributed by atoms with E-state index >= 15 is 0 Å². The molecule has 1 atom stereocenters. The number of rotatable bonds is 4. The van der Waals surface area contributed by atoms with Crippen molar-refractivity contribution < 1.29 is 4.39 Å². The van der Waals surface area contributed by atoms with Crippen LogP contribution in [0.4, 0.5) is 4.39 Å². The lowest BCUT2D eigenvalue weighted by Crippen LogP contribution is -2.36. The number of likely N-dealkylation sites (tertiary alicyclic amines) is 1. The van der Waals surface area contributed by atoms with Gasteiger partial charge in [0.25, 0.3) is 0 Å². The van der Waals surface area contributed by atoms with Crippen LogP contribution in [0.15, 0.2) is 18.2 Å². The highest BCUT2D eigenvalue weighted by Crippen LogP contribution is 2.21. The van der Waals surface area contributed by atoms with Crippen LogP contribution in [0, 0.1) is 17.1 Å². The second-order valence-corrected chi connectivity index (χ2v) is 4.74. The van der Waals surface area contributed by atoms with Gasteiger partial charge in [-0.05, 0) is 44.6 Å². The summed E-state index contributed by atoms with van der Waals surface area (Å²) in [4.78, 5) is 2.29. The lowest BCUT2D eigenvalue weighted by Gasteiger charge is -2.24. The zero-order chi connectivity index (χ0) is 13.0. The quantitative estimate of drug-likeness (QED) is 0.883. The number of hydrogen-bond acceptors (Lipinski definition) is 3. The molecule has 1 fully saturated rings. The number of likely N-dealkylation sites (N-methyl/N-ethyl adjacent to an activating group) is 1. The van der Waals surface area contributed by atoms with Gasteiger partial charge in [0.1, 0.15) is 5.82 Å². The van der Waals surface area contributed by atoms with Crippen LogP contribution in [0.5, 0.6) is 0 Å². The standard InChI is InChI=1S/C14H18FN3/c1-17-9-13-3-2-6-18(13)10-12-7-11(8-16)4-5-14(12)15/h4-5,7,13,17H,2-3,6,9-10H2,1H3. The van der Waals surface area contributed by atoms with E-state index in [1.165, 1.54) is 12.1 Å². The van der Waals surface area contributed by atoms with Crippen molar-refractivity contribution in [2.45, 2.75) is 25.4 Å². The van der Waals surface area contributed by atoms with Crippen molar-refractivity contribution in [1.29, 1.82) is 5.26 Å². The first kappa shape index (κ1) is 13.0. The Hall–Kier alpha value is -1.44. The molecule has 2 rings (SSSR count). The van der Waals surface area contributed by atoms with Gasteiger partial charge in [0.2, 0.25) is 0 Å². The lowest BCUT2D eigenvalue weighted by molar-refractivity contribution is 0.239. The molecule has 1 aliphatic rings. The van der Waals surface area contributed by atoms with E-state index in [0.717, 1.165) is 25.9 Å². The Kier molecular flexibility index (Phi) is 4.29. The van der Waals surface area contributed by atoms with Crippen molar-refractivity contribution in [3.05, 3.63) is 35.1 Å². The summed E-state index contributed by atoms with van der Waals surface area (Å²) in [5.41, 5.74) is 1.15. The summed E-state index contributed by atoms with van der Waals surface area (Å²) in [6.07, 6.45) is 2.31. The van der Waals surface area contributed by atoms with E-state index in [1.807, 2.05) is 7.05 Å². The van der Waals surface area contributed by atoms with Crippen molar-refractivity contribution in [3.63, 3.8) is 0 Å². The van der Waals surface area contributed by atoms with Gasteiger partial charge in [0, 0.05) is 24.7 Å². The van der Waals surface area contributed by atoms with E-state index in [0.29, 0.717) is 23.7 Å². The molecule has 1 heterocycles. The van der Waals surface area contributed by atoms with Crippen molar-refractivity contribution >= 4 is 0 Å². The van der Waals surface area contributed by atoms with Crippen molar-refractivity contribution in [3.8, 4) is 6.07 Å². The Bertz CT molecular complexity index is 453. The molecule has 1 N–H and O–H groups in total. The molecule has 0 radical (unpaired) electrons. The van der Waals surface area contributed by atoms with Crippen molar-refractivity contribution in [2.24, 2.45) is 0 Å². The maximum atomic E-state index is 13.7. The van der Waals surface area contributed by atoms with Crippen LogP contribution in [0.1, 0.15) is 24.0 Å². The van der Waals surface area contributed by atoms with Crippen LogP contribution in [-0.2, 0) is 6.54 Å². The highest BCUT2D eigenvalue weighted by atomic mass is 19.1. The molecule has 1 aliphatic heterocycles. The first-order valence-electron chi connectivity index (χ1n) is 6.31. The fraction of sp³-hybridized carbons (Fsp3) is 0.500. The van der Waals surface area contributed by atoms with Crippen molar-refractivity contribution in [1.82, 2.24) is 10.2 Å². The highest BCUT2D eigenvalue weighted by molar-refractivity contribution is 5.33. The predicted molar refractivity (Wildman–Crippen MR) is 68.5 cm³/mol. The number of nitriles is 1. The van der Waals surface area contributed by atoms with E-state index in [2.05, 4.69) is 16.3 Å². The Morgan fingerprint density at radius 3 is 3.11 bits per heavy atom. The second-order valence-electron chi connectivity index (χ2n) is 4.74. The van der Waals surface area contributed by atoms with Crippen LogP contribution in [0.2, 0.25) is 0 Å². The number of hydrogen-bond donors (Lipinski definition) is 1. The lowest BCUT2D eigenvalue weighted by atomic mass is 10.1. The number of nitrogens with one attached hydrogen (secondary N) is 1. The molecule has 3 nitrogen and oxygen atoms in total. The molecule has 1 aromatic carbocycles. The Labute approximate surface area is 107 Å². The molecule has 4 heteroatoms. The molecular formula is C14H18FN3. The van der Waals surface area contributed by atoms with Crippen LogP contribution in [0.3, 0.4) is 0 Å². The van der Waals surface area contributed by atoms with E-state index in [4.69, 9.17) is 5.26 Å². The maximum Gasteiger partial charge on any atom is 0.127 e. The van der Waals surface area contributed by atoms with Gasteiger partial charge >= 0.3 is 0 Å². The largest absolute Gasteiger partial charge is 0.318 e. The fourth-order valence-corrected chi connectivity index (χ4v) is 2.55. The molecule has 18 heavy (non-hydrogen) atoms. The van der Waals surface area contributed by atoms with Gasteiger partial charge < -0.3 is 5.32 Å². The van der Waals surface area contributed by atoms with Crippen LogP contribution in [-0.4, -0.2) is 31.1 Å². The summed E-state index contributed by atoms with van der Waals surface area (Å²) in [5.74, 6) is -0.218. The zero-order valence-corrected chi connectivity index (χ0v) is 10.6. The first-order valence-corrected chi connectivity index (χ1v) is 6.31. The van der Waals surface area contributed by atoms with E-state index < -0.39 is 0 Å². The number of halogens is 1. The summed E-state index contributed by atoms with van der Waals surface area (Å²) in [6.45, 7) is 2.52. The van der Waals surface area contributed by atoms with Gasteiger partial charge in [-0.15, -0.1) is 0 Å². The topological polar surface area (TPSA) is 39.1 Å². The van der Waals surface area contributed by atoms with Crippen LogP contribution >= 0.6 is 0 Å². The molecule has 1 saturated heterocycles. The predicted octanol–water partition coefficient (Wildman–Crippen LogP) is 1.88. The van der Waals surface area contributed by atoms with Gasteiger partial charge in [0.05, 0.1) is 11.6 Å². The minimum atomic E-state index is -0.218. The first-order chi connectivity index (χ1) is 8.74. The molecule has 0 aromatic heterocycles. The zero-order valence-electron chi connectivity index (χ0n) is 10.6. The molecule has 0 saturated carbocycles. The SMILES string of the molecule is CNCC1CCCN1Cc1cc(C#N)ccc1F. The molecule has 0 bridgehead atoms. The third-order valence-electron chi connectivity index (χ3n) is 3.49. The summed E-state index contributed by atoms with van der Waals surface area (Å²) in [7, 11) is 1.94. The van der Waals surface area contributed by atoms with Gasteiger partial charge in [-0.3, -0.25) is 4.90 Å². The third kappa shape index (κ3) is 2.87. The Morgan fingerprint density at radius 2 is 2.39 bits per heavy atom. The smallest absolute Gasteiger partial charge is 0.127 e. The number of benzene rings is 1. The molecule has 1 aromatic rings. The van der Waals surface area contributed by atoms with E-state index in [1.54, 1.807) is 6.07 Å². The van der Waals surface area contributed by atoms with Gasteiger partial charge in [-0.1, -0.05) is 0 Å².